The molecule has 0 fully saturated rings. The Balaban J connectivity index is 2.45. The zero-order valence-electron chi connectivity index (χ0n) is 11.1. The first kappa shape index (κ1) is 15.6. The number of rotatable bonds is 7. The van der Waals surface area contributed by atoms with Crippen molar-refractivity contribution in [2.24, 2.45) is 5.73 Å². The first-order valence-corrected chi connectivity index (χ1v) is 5.98. The molecular weight excluding hydrogens is 262 g/mol. The van der Waals surface area contributed by atoms with E-state index in [0.717, 1.165) is 0 Å². The Morgan fingerprint density at radius 1 is 1.25 bits per heavy atom. The van der Waals surface area contributed by atoms with Crippen LogP contribution in [0.15, 0.2) is 24.3 Å². The van der Waals surface area contributed by atoms with Crippen LogP contribution in [-0.2, 0) is 9.59 Å². The highest BCUT2D eigenvalue weighted by Crippen LogP contribution is 2.09. The summed E-state index contributed by atoms with van der Waals surface area (Å²) in [5, 5.41) is 11.2. The molecule has 0 aliphatic rings. The zero-order valence-corrected chi connectivity index (χ0v) is 11.1. The normalized spacial score (nSPS) is 10.3. The summed E-state index contributed by atoms with van der Waals surface area (Å²) in [6.07, 6.45) is -0.0168. The minimum absolute atomic E-state index is 0.0168. The van der Waals surface area contributed by atoms with Gasteiger partial charge in [-0.15, -0.1) is 0 Å². The highest BCUT2D eigenvalue weighted by Gasteiger charge is 2.08. The molecule has 1 rings (SSSR count). The van der Waals surface area contributed by atoms with Crippen molar-refractivity contribution < 1.29 is 19.5 Å². The lowest BCUT2D eigenvalue weighted by Crippen LogP contribution is -2.31. The molecule has 2 amide bonds. The molecule has 0 radical (unpaired) electrons. The molecule has 7 heteroatoms. The van der Waals surface area contributed by atoms with E-state index < -0.39 is 11.9 Å². The molecule has 20 heavy (non-hydrogen) atoms. The highest BCUT2D eigenvalue weighted by atomic mass is 16.4. The maximum absolute atomic E-state index is 11.7. The molecule has 0 saturated carbocycles. The van der Waals surface area contributed by atoms with Gasteiger partial charge < -0.3 is 16.2 Å². The van der Waals surface area contributed by atoms with Gasteiger partial charge in [-0.25, -0.2) is 0 Å². The van der Waals surface area contributed by atoms with E-state index in [1.165, 1.54) is 12.1 Å². The monoisotopic (exact) mass is 279 g/mol. The van der Waals surface area contributed by atoms with Crippen molar-refractivity contribution in [2.75, 3.05) is 25.5 Å². The van der Waals surface area contributed by atoms with Crippen LogP contribution in [0.4, 0.5) is 5.69 Å². The number of nitrogens with two attached hydrogens (primary N) is 1. The molecule has 0 unspecified atom stereocenters. The van der Waals surface area contributed by atoms with Gasteiger partial charge in [-0.1, -0.05) is 0 Å². The van der Waals surface area contributed by atoms with E-state index in [1.54, 1.807) is 24.1 Å². The van der Waals surface area contributed by atoms with Gasteiger partial charge in [0.15, 0.2) is 0 Å². The van der Waals surface area contributed by atoms with Crippen LogP contribution in [0.3, 0.4) is 0 Å². The maximum Gasteiger partial charge on any atom is 0.304 e. The summed E-state index contributed by atoms with van der Waals surface area (Å²) in [5.41, 5.74) is 6.02. The van der Waals surface area contributed by atoms with Crippen molar-refractivity contribution in [3.05, 3.63) is 29.8 Å². The van der Waals surface area contributed by atoms with E-state index in [-0.39, 0.29) is 18.9 Å². The summed E-state index contributed by atoms with van der Waals surface area (Å²) in [6.45, 7) is 0.383. The largest absolute Gasteiger partial charge is 0.481 e. The molecule has 1 aromatic rings. The number of anilines is 1. The lowest BCUT2D eigenvalue weighted by Gasteiger charge is -2.15. The van der Waals surface area contributed by atoms with Gasteiger partial charge in [0.25, 0.3) is 0 Å². The van der Waals surface area contributed by atoms with Crippen molar-refractivity contribution in [1.29, 1.82) is 0 Å². The van der Waals surface area contributed by atoms with E-state index in [9.17, 15) is 14.4 Å². The van der Waals surface area contributed by atoms with Crippen LogP contribution in [0.5, 0.6) is 0 Å². The lowest BCUT2D eigenvalue weighted by atomic mass is 10.2. The number of carbonyl (C=O) groups excluding carboxylic acids is 2. The highest BCUT2D eigenvalue weighted by molar-refractivity contribution is 5.95. The fourth-order valence-electron chi connectivity index (χ4n) is 1.53. The van der Waals surface area contributed by atoms with Gasteiger partial charge in [0.2, 0.25) is 11.8 Å². The number of primary amides is 1. The van der Waals surface area contributed by atoms with E-state index in [4.69, 9.17) is 10.8 Å². The molecular formula is C13H17N3O4. The zero-order chi connectivity index (χ0) is 15.1. The van der Waals surface area contributed by atoms with Gasteiger partial charge >= 0.3 is 5.97 Å². The molecule has 0 aliphatic carbocycles. The van der Waals surface area contributed by atoms with E-state index >= 15 is 0 Å². The fourth-order valence-corrected chi connectivity index (χ4v) is 1.53. The van der Waals surface area contributed by atoms with Crippen molar-refractivity contribution >= 4 is 23.5 Å². The second kappa shape index (κ2) is 7.25. The van der Waals surface area contributed by atoms with E-state index in [2.05, 4.69) is 5.32 Å². The molecule has 0 aliphatic heterocycles. The van der Waals surface area contributed by atoms with Crippen molar-refractivity contribution in [3.8, 4) is 0 Å². The van der Waals surface area contributed by atoms with Gasteiger partial charge in [0.1, 0.15) is 0 Å². The number of hydrogen-bond donors (Lipinski definition) is 3. The number of hydrogen-bond acceptors (Lipinski definition) is 4. The predicted molar refractivity (Wildman–Crippen MR) is 73.3 cm³/mol. The van der Waals surface area contributed by atoms with Gasteiger partial charge in [-0.05, 0) is 31.3 Å². The van der Waals surface area contributed by atoms with Crippen LogP contribution in [-0.4, -0.2) is 47.9 Å². The van der Waals surface area contributed by atoms with Gasteiger partial charge in [-0.2, -0.15) is 0 Å². The summed E-state index contributed by atoms with van der Waals surface area (Å²) in [5.74, 6) is -1.69. The topological polar surface area (TPSA) is 113 Å². The standard InChI is InChI=1S/C13H17N3O4/c1-16(7-6-12(18)19)8-11(17)15-10-4-2-9(3-5-10)13(14)20/h2-5H,6-8H2,1H3,(H2,14,20)(H,15,17)(H,18,19). The number of carboxylic acid groups (broad SMARTS) is 1. The number of amides is 2. The molecule has 0 heterocycles. The molecule has 0 aromatic heterocycles. The molecule has 0 atom stereocenters. The summed E-state index contributed by atoms with van der Waals surface area (Å²) in [4.78, 5) is 34.6. The van der Waals surface area contributed by atoms with Crippen molar-refractivity contribution in [1.82, 2.24) is 4.90 Å². The number of likely N-dealkylation sites (N-methyl/N-ethyl adjacent to an activating group) is 1. The quantitative estimate of drug-likeness (QED) is 0.656. The molecule has 108 valence electrons. The van der Waals surface area contributed by atoms with Crippen LogP contribution >= 0.6 is 0 Å². The third kappa shape index (κ3) is 5.49. The predicted octanol–water partition coefficient (Wildman–Crippen LogP) is 0.131. The lowest BCUT2D eigenvalue weighted by molar-refractivity contribution is -0.137. The van der Waals surface area contributed by atoms with Crippen LogP contribution < -0.4 is 11.1 Å². The minimum atomic E-state index is -0.903. The molecule has 1 aromatic carbocycles. The van der Waals surface area contributed by atoms with Crippen LogP contribution in [0.2, 0.25) is 0 Å². The Morgan fingerprint density at radius 2 is 1.85 bits per heavy atom. The second-order valence-electron chi connectivity index (χ2n) is 4.37. The first-order chi connectivity index (χ1) is 9.38. The number of aliphatic carboxylic acids is 1. The molecule has 0 spiro atoms. The molecule has 7 nitrogen and oxygen atoms in total. The SMILES string of the molecule is CN(CCC(=O)O)CC(=O)Nc1ccc(C(N)=O)cc1. The molecule has 4 N–H and O–H groups in total. The fraction of sp³-hybridized carbons (Fsp3) is 0.308. The number of carboxylic acids is 1. The number of carbonyl (C=O) groups is 3. The summed E-state index contributed by atoms with van der Waals surface area (Å²) >= 11 is 0. The average molecular weight is 279 g/mol. The van der Waals surface area contributed by atoms with Crippen LogP contribution in [0.25, 0.3) is 0 Å². The Bertz CT molecular complexity index is 499. The van der Waals surface area contributed by atoms with E-state index in [0.29, 0.717) is 17.8 Å². The Kier molecular flexibility index (Phi) is 5.67. The van der Waals surface area contributed by atoms with Gasteiger partial charge in [0, 0.05) is 17.8 Å². The average Bonchev–Trinajstić information content (AvgIpc) is 2.36. The third-order valence-corrected chi connectivity index (χ3v) is 2.57. The second-order valence-corrected chi connectivity index (χ2v) is 4.37. The number of nitrogens with zero attached hydrogens (tertiary/aromatic N) is 1. The van der Waals surface area contributed by atoms with Crippen molar-refractivity contribution in [3.63, 3.8) is 0 Å². The Labute approximate surface area is 116 Å². The smallest absolute Gasteiger partial charge is 0.304 e. The van der Waals surface area contributed by atoms with Gasteiger partial charge in [-0.3, -0.25) is 19.3 Å². The number of nitrogens with one attached hydrogen (secondary N) is 1. The summed E-state index contributed by atoms with van der Waals surface area (Å²) in [6, 6.07) is 6.20. The Morgan fingerprint density at radius 3 is 2.35 bits per heavy atom. The molecule has 0 bridgehead atoms. The van der Waals surface area contributed by atoms with E-state index in [1.807, 2.05) is 0 Å². The Hall–Kier alpha value is -2.41. The van der Waals surface area contributed by atoms with Crippen LogP contribution in [0.1, 0.15) is 16.8 Å². The van der Waals surface area contributed by atoms with Crippen molar-refractivity contribution in [2.45, 2.75) is 6.42 Å². The third-order valence-electron chi connectivity index (χ3n) is 2.57. The summed E-state index contributed by atoms with van der Waals surface area (Å²) < 4.78 is 0. The first-order valence-electron chi connectivity index (χ1n) is 5.98. The minimum Gasteiger partial charge on any atom is -0.481 e. The number of benzene rings is 1. The van der Waals surface area contributed by atoms with Crippen LogP contribution in [0, 0.1) is 0 Å². The maximum atomic E-state index is 11.7. The van der Waals surface area contributed by atoms with Gasteiger partial charge in [0.05, 0.1) is 13.0 Å². The summed E-state index contributed by atoms with van der Waals surface area (Å²) in [7, 11) is 1.67. The molecule has 0 saturated heterocycles.